The van der Waals surface area contributed by atoms with Crippen LogP contribution in [0.1, 0.15) is 29.2 Å². The van der Waals surface area contributed by atoms with Gasteiger partial charge in [0.15, 0.2) is 5.11 Å². The van der Waals surface area contributed by atoms with E-state index in [-0.39, 0.29) is 16.4 Å². The van der Waals surface area contributed by atoms with Crippen molar-refractivity contribution in [1.29, 1.82) is 0 Å². The molecule has 0 bridgehead atoms. The first kappa shape index (κ1) is 18.8. The molecule has 0 radical (unpaired) electrons. The summed E-state index contributed by atoms with van der Waals surface area (Å²) < 4.78 is 0. The molecule has 6 heteroatoms. The molecule has 1 aliphatic rings. The van der Waals surface area contributed by atoms with Crippen LogP contribution in [-0.4, -0.2) is 22.0 Å². The van der Waals surface area contributed by atoms with Gasteiger partial charge in [0.25, 0.3) is 11.8 Å². The predicted octanol–water partition coefficient (Wildman–Crippen LogP) is 3.40. The third-order valence-corrected chi connectivity index (χ3v) is 4.82. The predicted molar refractivity (Wildman–Crippen MR) is 110 cm³/mol. The van der Waals surface area contributed by atoms with Crippen LogP contribution in [0.5, 0.6) is 5.75 Å². The van der Waals surface area contributed by atoms with Gasteiger partial charge in [0.2, 0.25) is 0 Å². The lowest BCUT2D eigenvalue weighted by atomic mass is 10.0. The molecule has 0 aliphatic carbocycles. The van der Waals surface area contributed by atoms with E-state index in [4.69, 9.17) is 12.2 Å². The molecule has 1 heterocycles. The normalized spacial score (nSPS) is 16.0. The van der Waals surface area contributed by atoms with E-state index in [1.165, 1.54) is 11.0 Å². The van der Waals surface area contributed by atoms with Gasteiger partial charge in [0, 0.05) is 0 Å². The molecule has 0 aromatic heterocycles. The lowest BCUT2D eigenvalue weighted by Crippen LogP contribution is -2.54. The molecule has 138 valence electrons. The summed E-state index contributed by atoms with van der Waals surface area (Å²) >= 11 is 5.26. The Balaban J connectivity index is 2.08. The Morgan fingerprint density at radius 1 is 1.15 bits per heavy atom. The summed E-state index contributed by atoms with van der Waals surface area (Å²) in [6, 6.07) is 10.9. The molecule has 1 saturated heterocycles. The number of nitrogens with one attached hydrogen (secondary N) is 1. The van der Waals surface area contributed by atoms with Crippen molar-refractivity contribution in [2.24, 2.45) is 0 Å². The molecule has 0 saturated carbocycles. The van der Waals surface area contributed by atoms with Gasteiger partial charge in [-0.05, 0) is 79.0 Å². The molecule has 2 aromatic carbocycles. The zero-order valence-corrected chi connectivity index (χ0v) is 16.2. The number of amides is 2. The Labute approximate surface area is 163 Å². The molecule has 27 heavy (non-hydrogen) atoms. The van der Waals surface area contributed by atoms with Gasteiger partial charge in [0.1, 0.15) is 11.3 Å². The van der Waals surface area contributed by atoms with E-state index in [2.05, 4.69) is 5.32 Å². The van der Waals surface area contributed by atoms with Crippen LogP contribution in [0.4, 0.5) is 5.69 Å². The van der Waals surface area contributed by atoms with Crippen molar-refractivity contribution >= 4 is 40.9 Å². The molecule has 5 nitrogen and oxygen atoms in total. The maximum atomic E-state index is 13.1. The standard InChI is InChI=1S/C21H20N2O3S/c1-4-15-7-5-6-8-17(15)23-20(26)16(19(25)22-21(23)27)11-14-9-12(2)18(24)13(3)10-14/h5-11,24H,4H2,1-3H3,(H,22,25,27)/b16-11+. The Kier molecular flexibility index (Phi) is 5.10. The summed E-state index contributed by atoms with van der Waals surface area (Å²) in [6.45, 7) is 5.53. The third-order valence-electron chi connectivity index (χ3n) is 4.54. The second-order valence-electron chi connectivity index (χ2n) is 6.44. The number of phenolic OH excluding ortho intramolecular Hbond substituents is 1. The molecule has 0 atom stereocenters. The minimum Gasteiger partial charge on any atom is -0.507 e. The first-order valence-corrected chi connectivity index (χ1v) is 9.04. The van der Waals surface area contributed by atoms with Gasteiger partial charge in [-0.15, -0.1) is 0 Å². The number of hydrogen-bond donors (Lipinski definition) is 2. The first-order valence-electron chi connectivity index (χ1n) is 8.63. The summed E-state index contributed by atoms with van der Waals surface area (Å²) in [4.78, 5) is 26.9. The molecule has 0 unspecified atom stereocenters. The van der Waals surface area contributed by atoms with E-state index in [0.717, 1.165) is 12.0 Å². The highest BCUT2D eigenvalue weighted by molar-refractivity contribution is 7.80. The maximum absolute atomic E-state index is 13.1. The van der Waals surface area contributed by atoms with Gasteiger partial charge in [-0.2, -0.15) is 0 Å². The van der Waals surface area contributed by atoms with Crippen LogP contribution in [0.2, 0.25) is 0 Å². The molecule has 1 aliphatic heterocycles. The number of phenols is 1. The molecule has 2 amide bonds. The lowest BCUT2D eigenvalue weighted by molar-refractivity contribution is -0.122. The molecule has 3 rings (SSSR count). The Bertz CT molecular complexity index is 972. The van der Waals surface area contributed by atoms with E-state index in [1.807, 2.05) is 31.2 Å². The summed E-state index contributed by atoms with van der Waals surface area (Å²) in [7, 11) is 0. The average Bonchev–Trinajstić information content (AvgIpc) is 2.63. The average molecular weight is 380 g/mol. The van der Waals surface area contributed by atoms with E-state index in [0.29, 0.717) is 22.4 Å². The Morgan fingerprint density at radius 2 is 1.78 bits per heavy atom. The maximum Gasteiger partial charge on any atom is 0.270 e. The number of nitrogens with zero attached hydrogens (tertiary/aromatic N) is 1. The van der Waals surface area contributed by atoms with Gasteiger partial charge in [-0.25, -0.2) is 0 Å². The highest BCUT2D eigenvalue weighted by Gasteiger charge is 2.35. The number of carbonyl (C=O) groups is 2. The zero-order chi connectivity index (χ0) is 19.7. The van der Waals surface area contributed by atoms with Crippen molar-refractivity contribution in [2.45, 2.75) is 27.2 Å². The number of benzene rings is 2. The number of aryl methyl sites for hydroxylation is 3. The molecular weight excluding hydrogens is 360 g/mol. The van der Waals surface area contributed by atoms with Crippen LogP contribution >= 0.6 is 12.2 Å². The fourth-order valence-electron chi connectivity index (χ4n) is 3.14. The van der Waals surface area contributed by atoms with Crippen LogP contribution in [0.3, 0.4) is 0 Å². The Hall–Kier alpha value is -2.99. The number of aromatic hydroxyl groups is 1. The van der Waals surface area contributed by atoms with E-state index in [9.17, 15) is 14.7 Å². The van der Waals surface area contributed by atoms with Crippen LogP contribution in [0.15, 0.2) is 42.0 Å². The van der Waals surface area contributed by atoms with Gasteiger partial charge >= 0.3 is 0 Å². The molecule has 0 spiro atoms. The number of carbonyl (C=O) groups excluding carboxylic acids is 2. The van der Waals surface area contributed by atoms with Crippen LogP contribution in [-0.2, 0) is 16.0 Å². The largest absolute Gasteiger partial charge is 0.507 e. The van der Waals surface area contributed by atoms with Crippen molar-refractivity contribution in [2.75, 3.05) is 4.90 Å². The number of thiocarbonyl (C=S) groups is 1. The van der Waals surface area contributed by atoms with Crippen LogP contribution in [0.25, 0.3) is 6.08 Å². The second kappa shape index (κ2) is 7.32. The fraction of sp³-hybridized carbons (Fsp3) is 0.190. The Morgan fingerprint density at radius 3 is 2.41 bits per heavy atom. The third kappa shape index (κ3) is 3.48. The first-order chi connectivity index (χ1) is 12.8. The minimum atomic E-state index is -0.529. The van der Waals surface area contributed by atoms with Crippen molar-refractivity contribution < 1.29 is 14.7 Å². The summed E-state index contributed by atoms with van der Waals surface area (Å²) in [5, 5.41) is 12.6. The van der Waals surface area contributed by atoms with E-state index < -0.39 is 11.8 Å². The smallest absolute Gasteiger partial charge is 0.270 e. The van der Waals surface area contributed by atoms with Gasteiger partial charge in [-0.1, -0.05) is 25.1 Å². The van der Waals surface area contributed by atoms with Crippen molar-refractivity contribution in [3.8, 4) is 5.75 Å². The highest BCUT2D eigenvalue weighted by atomic mass is 32.1. The molecular formula is C21H20N2O3S. The second-order valence-corrected chi connectivity index (χ2v) is 6.83. The molecule has 2 aromatic rings. The quantitative estimate of drug-likeness (QED) is 0.486. The number of hydrogen-bond acceptors (Lipinski definition) is 4. The summed E-state index contributed by atoms with van der Waals surface area (Å²) in [6.07, 6.45) is 2.26. The SMILES string of the molecule is CCc1ccccc1N1C(=O)/C(=C/c2cc(C)c(O)c(C)c2)C(=O)NC1=S. The molecule has 1 fully saturated rings. The zero-order valence-electron chi connectivity index (χ0n) is 15.4. The monoisotopic (exact) mass is 380 g/mol. The van der Waals surface area contributed by atoms with Crippen molar-refractivity contribution in [3.05, 3.63) is 64.2 Å². The summed E-state index contributed by atoms with van der Waals surface area (Å²) in [5.41, 5.74) is 3.64. The van der Waals surface area contributed by atoms with Gasteiger partial charge in [-0.3, -0.25) is 19.8 Å². The highest BCUT2D eigenvalue weighted by Crippen LogP contribution is 2.28. The number of anilines is 1. The van der Waals surface area contributed by atoms with Crippen LogP contribution < -0.4 is 10.2 Å². The van der Waals surface area contributed by atoms with Crippen molar-refractivity contribution in [1.82, 2.24) is 5.32 Å². The number of para-hydroxylation sites is 1. The van der Waals surface area contributed by atoms with Gasteiger partial charge < -0.3 is 5.11 Å². The minimum absolute atomic E-state index is 0.000930. The van der Waals surface area contributed by atoms with Gasteiger partial charge in [0.05, 0.1) is 5.69 Å². The fourth-order valence-corrected chi connectivity index (χ4v) is 3.42. The summed E-state index contributed by atoms with van der Waals surface area (Å²) in [5.74, 6) is -0.789. The van der Waals surface area contributed by atoms with Crippen molar-refractivity contribution in [3.63, 3.8) is 0 Å². The lowest BCUT2D eigenvalue weighted by Gasteiger charge is -2.30. The number of rotatable bonds is 3. The topological polar surface area (TPSA) is 69.6 Å². The van der Waals surface area contributed by atoms with E-state index >= 15 is 0 Å². The molecule has 2 N–H and O–H groups in total. The van der Waals surface area contributed by atoms with Crippen LogP contribution in [0, 0.1) is 13.8 Å². The van der Waals surface area contributed by atoms with E-state index in [1.54, 1.807) is 26.0 Å².